The summed E-state index contributed by atoms with van der Waals surface area (Å²) in [6, 6.07) is 5.81. The first kappa shape index (κ1) is 16.3. The second-order valence-electron chi connectivity index (χ2n) is 4.41. The van der Waals surface area contributed by atoms with Crippen molar-refractivity contribution in [2.24, 2.45) is 7.05 Å². The van der Waals surface area contributed by atoms with Crippen molar-refractivity contribution in [3.8, 4) is 0 Å². The van der Waals surface area contributed by atoms with Crippen LogP contribution in [0.25, 0.3) is 11.0 Å². The van der Waals surface area contributed by atoms with Gasteiger partial charge >= 0.3 is 0 Å². The second kappa shape index (κ2) is 6.62. The fourth-order valence-electron chi connectivity index (χ4n) is 2.11. The van der Waals surface area contributed by atoms with E-state index < -0.39 is 0 Å². The van der Waals surface area contributed by atoms with Gasteiger partial charge in [0.05, 0.1) is 16.9 Å². The standard InChI is InChI=1S/C14H17N3O.Y/c1-5-17(9-18)11(3)14-15-12-8-10(2)6-7-13(12)16(14)4;/h6-8,11H,3,5H2,1-2,4H3;/q-2;. The molecule has 0 saturated carbocycles. The SMILES string of the molecule is [CH2-]C(c1nc2cc(C)ccc2n1C)N([C-]=O)CC.[Y]. The molecule has 0 aliphatic heterocycles. The summed E-state index contributed by atoms with van der Waals surface area (Å²) in [5, 5.41) is 0. The van der Waals surface area contributed by atoms with Crippen molar-refractivity contribution >= 4 is 17.4 Å². The first-order valence-electron chi connectivity index (χ1n) is 5.99. The Hall–Kier alpha value is -0.736. The van der Waals surface area contributed by atoms with Gasteiger partial charge in [0.2, 0.25) is 0 Å². The van der Waals surface area contributed by atoms with Gasteiger partial charge in [0, 0.05) is 39.8 Å². The normalized spacial score (nSPS) is 12.0. The summed E-state index contributed by atoms with van der Waals surface area (Å²) in [4.78, 5) is 16.9. The number of amides is 1. The van der Waals surface area contributed by atoms with Gasteiger partial charge in [0.15, 0.2) is 0 Å². The number of nitrogens with zero attached hydrogens (tertiary/aromatic N) is 3. The van der Waals surface area contributed by atoms with Crippen LogP contribution in [0.3, 0.4) is 0 Å². The van der Waals surface area contributed by atoms with Gasteiger partial charge in [-0.25, -0.2) is 4.98 Å². The predicted molar refractivity (Wildman–Crippen MR) is 71.6 cm³/mol. The van der Waals surface area contributed by atoms with Crippen LogP contribution in [0.2, 0.25) is 0 Å². The third-order valence-corrected chi connectivity index (χ3v) is 3.20. The maximum absolute atomic E-state index is 10.9. The average molecular weight is 332 g/mol. The molecule has 1 unspecified atom stereocenters. The summed E-state index contributed by atoms with van der Waals surface area (Å²) in [5.74, 6) is 0.779. The van der Waals surface area contributed by atoms with Crippen LogP contribution in [-0.4, -0.2) is 27.4 Å². The van der Waals surface area contributed by atoms with Crippen molar-refractivity contribution in [2.75, 3.05) is 6.54 Å². The van der Waals surface area contributed by atoms with E-state index in [-0.39, 0.29) is 38.8 Å². The summed E-state index contributed by atoms with van der Waals surface area (Å²) in [7, 11) is 1.94. The molecule has 0 bridgehead atoms. The number of hydrogen-bond acceptors (Lipinski definition) is 2. The minimum atomic E-state index is -0.315. The van der Waals surface area contributed by atoms with Crippen molar-refractivity contribution in [1.29, 1.82) is 0 Å². The van der Waals surface area contributed by atoms with E-state index in [0.717, 1.165) is 16.9 Å². The van der Waals surface area contributed by atoms with Crippen LogP contribution in [-0.2, 0) is 44.6 Å². The van der Waals surface area contributed by atoms with Crippen LogP contribution in [0.15, 0.2) is 18.2 Å². The van der Waals surface area contributed by atoms with E-state index in [1.165, 1.54) is 10.5 Å². The topological polar surface area (TPSA) is 38.1 Å². The number of carbonyl (C=O) groups excluding carboxylic acids is 1. The molecule has 0 N–H and O–H groups in total. The molecule has 1 heterocycles. The Balaban J connectivity index is 0.00000180. The second-order valence-corrected chi connectivity index (χ2v) is 4.41. The van der Waals surface area contributed by atoms with Crippen LogP contribution in [0.4, 0.5) is 0 Å². The largest absolute Gasteiger partial charge is 0.533 e. The minimum Gasteiger partial charge on any atom is -0.533 e. The first-order valence-corrected chi connectivity index (χ1v) is 5.99. The molecule has 1 amide bonds. The summed E-state index contributed by atoms with van der Waals surface area (Å²) in [6.07, 6.45) is 1.90. The van der Waals surface area contributed by atoms with E-state index >= 15 is 0 Å². The Morgan fingerprint density at radius 3 is 2.79 bits per heavy atom. The maximum Gasteiger partial charge on any atom is 0.0976 e. The van der Waals surface area contributed by atoms with Crippen LogP contribution in [0.1, 0.15) is 24.4 Å². The van der Waals surface area contributed by atoms with E-state index in [2.05, 4.69) is 18.0 Å². The van der Waals surface area contributed by atoms with Gasteiger partial charge in [-0.15, -0.1) is 0 Å². The van der Waals surface area contributed by atoms with Gasteiger partial charge in [0.25, 0.3) is 0 Å². The van der Waals surface area contributed by atoms with Gasteiger partial charge in [-0.2, -0.15) is 6.41 Å². The molecule has 2 rings (SSSR count). The molecule has 1 aromatic heterocycles. The number of rotatable bonds is 4. The molecular formula is C14H17N3OY-2. The Morgan fingerprint density at radius 1 is 1.53 bits per heavy atom. The Bertz CT molecular complexity index is 579. The number of aromatic nitrogens is 2. The molecule has 0 saturated heterocycles. The number of imidazole rings is 1. The number of benzene rings is 1. The third kappa shape index (κ3) is 3.06. The molecule has 1 atom stereocenters. The fourth-order valence-corrected chi connectivity index (χ4v) is 2.11. The molecule has 19 heavy (non-hydrogen) atoms. The van der Waals surface area contributed by atoms with Crippen molar-refractivity contribution in [2.45, 2.75) is 19.9 Å². The summed E-state index contributed by atoms with van der Waals surface area (Å²) in [6.45, 7) is 8.51. The average Bonchev–Trinajstić information content (AvgIpc) is 2.67. The minimum absolute atomic E-state index is 0. The van der Waals surface area contributed by atoms with Crippen molar-refractivity contribution in [3.63, 3.8) is 0 Å². The molecule has 1 aromatic carbocycles. The van der Waals surface area contributed by atoms with Crippen LogP contribution in [0, 0.1) is 13.8 Å². The monoisotopic (exact) mass is 332 g/mol. The molecule has 0 spiro atoms. The Kier molecular flexibility index (Phi) is 5.69. The Labute approximate surface area is 139 Å². The Morgan fingerprint density at radius 2 is 2.21 bits per heavy atom. The summed E-state index contributed by atoms with van der Waals surface area (Å²) >= 11 is 0. The van der Waals surface area contributed by atoms with E-state index in [9.17, 15) is 4.79 Å². The smallest absolute Gasteiger partial charge is 0.0976 e. The molecule has 0 aliphatic carbocycles. The van der Waals surface area contributed by atoms with Crippen LogP contribution < -0.4 is 0 Å². The molecule has 5 heteroatoms. The maximum atomic E-state index is 10.9. The van der Waals surface area contributed by atoms with Crippen LogP contribution >= 0.6 is 0 Å². The summed E-state index contributed by atoms with van der Waals surface area (Å²) < 4.78 is 1.98. The van der Waals surface area contributed by atoms with Crippen molar-refractivity contribution in [3.05, 3.63) is 36.5 Å². The summed E-state index contributed by atoms with van der Waals surface area (Å²) in [5.41, 5.74) is 3.15. The van der Waals surface area contributed by atoms with Crippen LogP contribution in [0.5, 0.6) is 0 Å². The van der Waals surface area contributed by atoms with Crippen molar-refractivity contribution in [1.82, 2.24) is 14.5 Å². The molecular weight excluding hydrogens is 315 g/mol. The quantitative estimate of drug-likeness (QED) is 0.636. The van der Waals surface area contributed by atoms with E-state index in [0.29, 0.717) is 6.54 Å². The zero-order chi connectivity index (χ0) is 13.3. The van der Waals surface area contributed by atoms with E-state index in [1.54, 1.807) is 0 Å². The molecule has 0 fully saturated rings. The predicted octanol–water partition coefficient (Wildman–Crippen LogP) is 2.14. The third-order valence-electron chi connectivity index (χ3n) is 3.20. The number of hydrogen-bond donors (Lipinski definition) is 0. The van der Waals surface area contributed by atoms with Gasteiger partial charge < -0.3 is 21.2 Å². The molecule has 99 valence electrons. The van der Waals surface area contributed by atoms with Crippen molar-refractivity contribution < 1.29 is 37.5 Å². The molecule has 0 aliphatic rings. The van der Waals surface area contributed by atoms with Gasteiger partial charge in [-0.1, -0.05) is 19.0 Å². The fraction of sp³-hybridized carbons (Fsp3) is 0.357. The zero-order valence-corrected chi connectivity index (χ0v) is 14.4. The van der Waals surface area contributed by atoms with E-state index in [4.69, 9.17) is 0 Å². The van der Waals surface area contributed by atoms with E-state index in [1.807, 2.05) is 44.0 Å². The van der Waals surface area contributed by atoms with Gasteiger partial charge in [-0.3, -0.25) is 0 Å². The first-order chi connectivity index (χ1) is 8.58. The number of fused-ring (bicyclic) bond motifs is 1. The van der Waals surface area contributed by atoms with Gasteiger partial charge in [0.1, 0.15) is 0 Å². The molecule has 2 aromatic rings. The zero-order valence-electron chi connectivity index (χ0n) is 11.6. The molecule has 4 nitrogen and oxygen atoms in total. The number of aryl methyl sites for hydroxylation is 2. The van der Waals surface area contributed by atoms with Gasteiger partial charge in [-0.05, 0) is 31.2 Å². The molecule has 1 radical (unpaired) electrons.